The fourth-order valence-corrected chi connectivity index (χ4v) is 2.55. The summed E-state index contributed by atoms with van der Waals surface area (Å²) >= 11 is 0. The van der Waals surface area contributed by atoms with Crippen LogP contribution in [0.3, 0.4) is 0 Å². The van der Waals surface area contributed by atoms with Crippen molar-refractivity contribution in [1.29, 1.82) is 0 Å². The number of aryl methyl sites for hydroxylation is 1. The zero-order valence-electron chi connectivity index (χ0n) is 14.5. The van der Waals surface area contributed by atoms with E-state index in [4.69, 9.17) is 0 Å². The highest BCUT2D eigenvalue weighted by atomic mass is 16.6. The van der Waals surface area contributed by atoms with Gasteiger partial charge in [0.15, 0.2) is 0 Å². The fraction of sp³-hybridized carbons (Fsp3) is 0.105. The third-order valence-corrected chi connectivity index (χ3v) is 3.88. The van der Waals surface area contributed by atoms with Gasteiger partial charge in [0.1, 0.15) is 5.82 Å². The second-order valence-corrected chi connectivity index (χ2v) is 5.98. The maximum Gasteiger partial charge on any atom is 0.269 e. The van der Waals surface area contributed by atoms with Gasteiger partial charge in [-0.25, -0.2) is 4.98 Å². The summed E-state index contributed by atoms with van der Waals surface area (Å²) in [5, 5.41) is 13.6. The molecule has 0 saturated carbocycles. The van der Waals surface area contributed by atoms with E-state index < -0.39 is 10.8 Å². The Labute approximate surface area is 154 Å². The topological polar surface area (TPSA) is 107 Å². The molecule has 8 heteroatoms. The number of benzene rings is 1. The third-order valence-electron chi connectivity index (χ3n) is 3.88. The van der Waals surface area contributed by atoms with Crippen molar-refractivity contribution < 1.29 is 9.72 Å². The standard InChI is InChI=1S/C19H16N4O4/c1-13-7-8-20-17(9-13)21-19(25)15-5-6-18(24)22(12-15)11-14-3-2-4-16(10-14)23(26)27/h2-10,12H,11H2,1H3,(H,20,21,25). The van der Waals surface area contributed by atoms with Crippen molar-refractivity contribution in [1.82, 2.24) is 9.55 Å². The largest absolute Gasteiger partial charge is 0.310 e. The van der Waals surface area contributed by atoms with Crippen LogP contribution in [0.5, 0.6) is 0 Å². The minimum absolute atomic E-state index is 0.0556. The highest BCUT2D eigenvalue weighted by Crippen LogP contribution is 2.14. The summed E-state index contributed by atoms with van der Waals surface area (Å²) in [5.41, 5.74) is 1.45. The molecule has 1 amide bonds. The molecule has 0 aliphatic carbocycles. The molecule has 8 nitrogen and oxygen atoms in total. The number of aromatic nitrogens is 2. The molecule has 2 aromatic heterocycles. The number of rotatable bonds is 5. The van der Waals surface area contributed by atoms with Crippen LogP contribution >= 0.6 is 0 Å². The van der Waals surface area contributed by atoms with Gasteiger partial charge in [-0.15, -0.1) is 0 Å². The molecule has 3 aromatic rings. The highest BCUT2D eigenvalue weighted by Gasteiger charge is 2.11. The zero-order valence-corrected chi connectivity index (χ0v) is 14.5. The number of nitrogens with one attached hydrogen (secondary N) is 1. The summed E-state index contributed by atoms with van der Waals surface area (Å²) < 4.78 is 1.33. The lowest BCUT2D eigenvalue weighted by atomic mass is 10.2. The van der Waals surface area contributed by atoms with Crippen molar-refractivity contribution in [2.45, 2.75) is 13.5 Å². The van der Waals surface area contributed by atoms with Gasteiger partial charge in [-0.05, 0) is 36.2 Å². The van der Waals surface area contributed by atoms with Crippen LogP contribution in [0.25, 0.3) is 0 Å². The molecule has 0 aliphatic rings. The number of nitro benzene ring substituents is 1. The first-order valence-electron chi connectivity index (χ1n) is 8.10. The molecule has 27 heavy (non-hydrogen) atoms. The van der Waals surface area contributed by atoms with Crippen LogP contribution in [-0.4, -0.2) is 20.4 Å². The molecule has 136 valence electrons. The SMILES string of the molecule is Cc1ccnc(NC(=O)c2ccc(=O)n(Cc3cccc([N+](=O)[O-])c3)c2)c1. The number of hydrogen-bond donors (Lipinski definition) is 1. The lowest BCUT2D eigenvalue weighted by Crippen LogP contribution is -2.22. The molecular formula is C19H16N4O4. The Kier molecular flexibility index (Phi) is 5.07. The van der Waals surface area contributed by atoms with Crippen molar-refractivity contribution in [2.75, 3.05) is 5.32 Å². The van der Waals surface area contributed by atoms with Gasteiger partial charge in [-0.3, -0.25) is 19.7 Å². The van der Waals surface area contributed by atoms with Gasteiger partial charge in [-0.2, -0.15) is 0 Å². The molecular weight excluding hydrogens is 348 g/mol. The number of non-ortho nitro benzene ring substituents is 1. The average Bonchev–Trinajstić information content (AvgIpc) is 2.63. The van der Waals surface area contributed by atoms with Gasteiger partial charge in [0.2, 0.25) is 0 Å². The minimum atomic E-state index is -0.495. The molecule has 0 spiro atoms. The summed E-state index contributed by atoms with van der Waals surface area (Å²) in [6, 6.07) is 12.3. The molecule has 2 heterocycles. The third kappa shape index (κ3) is 4.43. The van der Waals surface area contributed by atoms with Crippen molar-refractivity contribution in [3.8, 4) is 0 Å². The second kappa shape index (κ2) is 7.61. The molecule has 0 bridgehead atoms. The molecule has 1 N–H and O–H groups in total. The lowest BCUT2D eigenvalue weighted by molar-refractivity contribution is -0.384. The summed E-state index contributed by atoms with van der Waals surface area (Å²) in [5.74, 6) is 0.0114. The van der Waals surface area contributed by atoms with Gasteiger partial charge in [0.25, 0.3) is 17.2 Å². The molecule has 1 aromatic carbocycles. The molecule has 0 fully saturated rings. The van der Waals surface area contributed by atoms with Gasteiger partial charge in [0.05, 0.1) is 17.0 Å². The van der Waals surface area contributed by atoms with Crippen LogP contribution < -0.4 is 10.9 Å². The van der Waals surface area contributed by atoms with E-state index in [-0.39, 0.29) is 23.4 Å². The van der Waals surface area contributed by atoms with E-state index in [9.17, 15) is 19.7 Å². The Balaban J connectivity index is 1.84. The van der Waals surface area contributed by atoms with E-state index in [1.165, 1.54) is 35.0 Å². The molecule has 0 atom stereocenters. The van der Waals surface area contributed by atoms with Gasteiger partial charge in [0, 0.05) is 30.6 Å². The van der Waals surface area contributed by atoms with Gasteiger partial charge in [-0.1, -0.05) is 12.1 Å². The smallest absolute Gasteiger partial charge is 0.269 e. The molecule has 0 aliphatic heterocycles. The Morgan fingerprint density at radius 3 is 2.78 bits per heavy atom. The zero-order chi connectivity index (χ0) is 19.4. The number of amides is 1. The van der Waals surface area contributed by atoms with E-state index in [1.807, 2.05) is 13.0 Å². The number of hydrogen-bond acceptors (Lipinski definition) is 5. The normalized spacial score (nSPS) is 10.4. The first-order valence-corrected chi connectivity index (χ1v) is 8.10. The van der Waals surface area contributed by atoms with E-state index in [0.29, 0.717) is 11.4 Å². The highest BCUT2D eigenvalue weighted by molar-refractivity contribution is 6.03. The lowest BCUT2D eigenvalue weighted by Gasteiger charge is -2.09. The van der Waals surface area contributed by atoms with Crippen LogP contribution in [-0.2, 0) is 6.54 Å². The Hall–Kier alpha value is -3.81. The number of nitro groups is 1. The maximum atomic E-state index is 12.4. The second-order valence-electron chi connectivity index (χ2n) is 5.98. The van der Waals surface area contributed by atoms with Crippen molar-refractivity contribution in [3.63, 3.8) is 0 Å². The summed E-state index contributed by atoms with van der Waals surface area (Å²) in [7, 11) is 0. The Bertz CT molecular complexity index is 1080. The number of pyridine rings is 2. The average molecular weight is 364 g/mol. The Morgan fingerprint density at radius 1 is 1.22 bits per heavy atom. The predicted octanol–water partition coefficient (Wildman–Crippen LogP) is 2.76. The first-order chi connectivity index (χ1) is 12.9. The van der Waals surface area contributed by atoms with Gasteiger partial charge >= 0.3 is 0 Å². The quantitative estimate of drug-likeness (QED) is 0.553. The molecule has 3 rings (SSSR count). The Morgan fingerprint density at radius 2 is 2.04 bits per heavy atom. The fourth-order valence-electron chi connectivity index (χ4n) is 2.55. The van der Waals surface area contributed by atoms with Crippen LogP contribution in [0.1, 0.15) is 21.5 Å². The van der Waals surface area contributed by atoms with Crippen molar-refractivity contribution in [2.24, 2.45) is 0 Å². The van der Waals surface area contributed by atoms with Crippen LogP contribution in [0.4, 0.5) is 11.5 Å². The summed E-state index contributed by atoms with van der Waals surface area (Å²) in [6.07, 6.45) is 3.01. The number of anilines is 1. The molecule has 0 radical (unpaired) electrons. The van der Waals surface area contributed by atoms with Crippen molar-refractivity contribution in [3.05, 3.63) is 98.1 Å². The first kappa shape index (κ1) is 18.0. The van der Waals surface area contributed by atoms with Crippen LogP contribution in [0.2, 0.25) is 0 Å². The minimum Gasteiger partial charge on any atom is -0.310 e. The summed E-state index contributed by atoms with van der Waals surface area (Å²) in [6.45, 7) is 2.00. The number of nitrogens with zero attached hydrogens (tertiary/aromatic N) is 3. The van der Waals surface area contributed by atoms with E-state index in [1.54, 1.807) is 24.4 Å². The maximum absolute atomic E-state index is 12.4. The monoisotopic (exact) mass is 364 g/mol. The van der Waals surface area contributed by atoms with Crippen molar-refractivity contribution >= 4 is 17.4 Å². The number of carbonyl (C=O) groups is 1. The summed E-state index contributed by atoms with van der Waals surface area (Å²) in [4.78, 5) is 39.0. The van der Waals surface area contributed by atoms with E-state index >= 15 is 0 Å². The van der Waals surface area contributed by atoms with Crippen LogP contribution in [0, 0.1) is 17.0 Å². The molecule has 0 saturated heterocycles. The van der Waals surface area contributed by atoms with Gasteiger partial charge < -0.3 is 9.88 Å². The molecule has 0 unspecified atom stereocenters. The number of carbonyl (C=O) groups excluding carboxylic acids is 1. The predicted molar refractivity (Wildman–Crippen MR) is 99.8 cm³/mol. The van der Waals surface area contributed by atoms with E-state index in [2.05, 4.69) is 10.3 Å². The van der Waals surface area contributed by atoms with E-state index in [0.717, 1.165) is 5.56 Å². The van der Waals surface area contributed by atoms with Crippen LogP contribution in [0.15, 0.2) is 65.7 Å².